The Morgan fingerprint density at radius 2 is 1.93 bits per heavy atom. The highest BCUT2D eigenvalue weighted by atomic mass is 16.1. The number of nitrogens with one attached hydrogen (secondary N) is 2. The molecule has 1 aliphatic heterocycles. The topological polar surface area (TPSA) is 71.8 Å². The molecule has 0 spiro atoms. The fraction of sp³-hybridized carbons (Fsp3) is 0.136. The van der Waals surface area contributed by atoms with Gasteiger partial charge < -0.3 is 15.2 Å². The largest absolute Gasteiger partial charge is 0.334 e. The Bertz CT molecular complexity index is 1210. The van der Waals surface area contributed by atoms with Gasteiger partial charge in [-0.1, -0.05) is 18.2 Å². The van der Waals surface area contributed by atoms with Crippen molar-refractivity contribution >= 4 is 22.5 Å². The average Bonchev–Trinajstić information content (AvgIpc) is 3.35. The minimum absolute atomic E-state index is 0.149. The van der Waals surface area contributed by atoms with Crippen LogP contribution >= 0.6 is 0 Å². The van der Waals surface area contributed by atoms with E-state index in [1.807, 2.05) is 48.1 Å². The lowest BCUT2D eigenvalue weighted by Gasteiger charge is -2.08. The lowest BCUT2D eigenvalue weighted by atomic mass is 10.1. The molecule has 5 rings (SSSR count). The molecule has 28 heavy (non-hydrogen) atoms. The van der Waals surface area contributed by atoms with Crippen LogP contribution in [0.4, 0.5) is 5.82 Å². The van der Waals surface area contributed by atoms with Gasteiger partial charge in [-0.05, 0) is 40.8 Å². The minimum atomic E-state index is -0.149. The highest BCUT2D eigenvalue weighted by molar-refractivity contribution is 6.04. The van der Waals surface area contributed by atoms with Gasteiger partial charge in [0.25, 0.3) is 5.91 Å². The van der Waals surface area contributed by atoms with E-state index < -0.39 is 0 Å². The van der Waals surface area contributed by atoms with E-state index in [0.717, 1.165) is 35.1 Å². The standard InChI is InChI=1S/C22H19N5O/c1-27-13-24-12-20(27)14-2-4-17-11-25-21(8-18(17)6-14)26-22(28)15-3-5-16-9-23-10-19(16)7-15/h2-8,11-13,23H,9-10H2,1H3,(H,25,26,28). The second-order valence-corrected chi connectivity index (χ2v) is 7.06. The zero-order valence-electron chi connectivity index (χ0n) is 15.4. The number of aryl methyl sites for hydroxylation is 1. The molecular formula is C22H19N5O. The molecule has 138 valence electrons. The minimum Gasteiger partial charge on any atom is -0.334 e. The van der Waals surface area contributed by atoms with E-state index in [9.17, 15) is 4.79 Å². The van der Waals surface area contributed by atoms with Gasteiger partial charge in [-0.15, -0.1) is 0 Å². The Morgan fingerprint density at radius 3 is 2.79 bits per heavy atom. The number of aromatic nitrogens is 3. The van der Waals surface area contributed by atoms with E-state index in [1.54, 1.807) is 12.5 Å². The number of fused-ring (bicyclic) bond motifs is 2. The second kappa shape index (κ2) is 6.58. The third-order valence-corrected chi connectivity index (χ3v) is 5.18. The summed E-state index contributed by atoms with van der Waals surface area (Å²) in [5.74, 6) is 0.391. The van der Waals surface area contributed by atoms with Crippen LogP contribution in [0.25, 0.3) is 22.0 Å². The monoisotopic (exact) mass is 369 g/mol. The van der Waals surface area contributed by atoms with Crippen LogP contribution in [0.2, 0.25) is 0 Å². The number of amides is 1. The van der Waals surface area contributed by atoms with Gasteiger partial charge >= 0.3 is 0 Å². The predicted octanol–water partition coefficient (Wildman–Crippen LogP) is 3.49. The van der Waals surface area contributed by atoms with E-state index in [0.29, 0.717) is 11.4 Å². The highest BCUT2D eigenvalue weighted by Crippen LogP contribution is 2.25. The van der Waals surface area contributed by atoms with Crippen LogP contribution in [0, 0.1) is 0 Å². The molecule has 3 heterocycles. The number of pyridine rings is 1. The average molecular weight is 369 g/mol. The summed E-state index contributed by atoms with van der Waals surface area (Å²) in [5.41, 5.74) is 5.19. The first-order valence-corrected chi connectivity index (χ1v) is 9.18. The number of carbonyl (C=O) groups is 1. The molecule has 0 fully saturated rings. The summed E-state index contributed by atoms with van der Waals surface area (Å²) in [6.07, 6.45) is 5.40. The molecule has 0 saturated carbocycles. The van der Waals surface area contributed by atoms with Crippen LogP contribution in [0.1, 0.15) is 21.5 Å². The summed E-state index contributed by atoms with van der Waals surface area (Å²) >= 11 is 0. The van der Waals surface area contributed by atoms with Crippen molar-refractivity contribution in [2.75, 3.05) is 5.32 Å². The number of anilines is 1. The van der Waals surface area contributed by atoms with E-state index in [-0.39, 0.29) is 5.91 Å². The van der Waals surface area contributed by atoms with Gasteiger partial charge in [-0.2, -0.15) is 0 Å². The molecule has 2 N–H and O–H groups in total. The first kappa shape index (κ1) is 16.6. The van der Waals surface area contributed by atoms with Crippen LogP contribution in [0.3, 0.4) is 0 Å². The third-order valence-electron chi connectivity index (χ3n) is 5.18. The van der Waals surface area contributed by atoms with Crippen molar-refractivity contribution < 1.29 is 4.79 Å². The normalized spacial score (nSPS) is 12.9. The van der Waals surface area contributed by atoms with Crippen LogP contribution < -0.4 is 10.6 Å². The predicted molar refractivity (Wildman–Crippen MR) is 109 cm³/mol. The fourth-order valence-corrected chi connectivity index (χ4v) is 3.63. The molecule has 0 bridgehead atoms. The Kier molecular flexibility index (Phi) is 3.91. The molecule has 2 aromatic heterocycles. The summed E-state index contributed by atoms with van der Waals surface area (Å²) in [6, 6.07) is 13.9. The Labute approximate surface area is 162 Å². The van der Waals surface area contributed by atoms with Crippen LogP contribution in [0.15, 0.2) is 61.2 Å². The van der Waals surface area contributed by atoms with Crippen LogP contribution in [-0.4, -0.2) is 20.4 Å². The van der Waals surface area contributed by atoms with Crippen molar-refractivity contribution in [1.82, 2.24) is 19.9 Å². The van der Waals surface area contributed by atoms with Crippen molar-refractivity contribution in [3.05, 3.63) is 77.9 Å². The smallest absolute Gasteiger partial charge is 0.256 e. The number of carbonyl (C=O) groups excluding carboxylic acids is 1. The Hall–Kier alpha value is -3.51. The van der Waals surface area contributed by atoms with Crippen molar-refractivity contribution in [3.63, 3.8) is 0 Å². The maximum Gasteiger partial charge on any atom is 0.256 e. The Morgan fingerprint density at radius 1 is 1.04 bits per heavy atom. The van der Waals surface area contributed by atoms with Crippen LogP contribution in [-0.2, 0) is 20.1 Å². The molecule has 0 aliphatic carbocycles. The number of imidazole rings is 1. The van der Waals surface area contributed by atoms with Gasteiger partial charge in [-0.3, -0.25) is 4.79 Å². The van der Waals surface area contributed by atoms with E-state index in [1.165, 1.54) is 11.1 Å². The lowest BCUT2D eigenvalue weighted by Crippen LogP contribution is -2.13. The molecule has 2 aromatic carbocycles. The molecule has 0 unspecified atom stereocenters. The first-order valence-electron chi connectivity index (χ1n) is 9.18. The van der Waals surface area contributed by atoms with Crippen molar-refractivity contribution in [2.45, 2.75) is 13.1 Å². The summed E-state index contributed by atoms with van der Waals surface area (Å²) in [6.45, 7) is 1.67. The van der Waals surface area contributed by atoms with Gasteiger partial charge in [0.1, 0.15) is 5.82 Å². The fourth-order valence-electron chi connectivity index (χ4n) is 3.63. The zero-order chi connectivity index (χ0) is 19.1. The molecule has 1 aliphatic rings. The maximum atomic E-state index is 12.7. The number of benzene rings is 2. The second-order valence-electron chi connectivity index (χ2n) is 7.06. The van der Waals surface area contributed by atoms with Gasteiger partial charge in [0.2, 0.25) is 0 Å². The number of hydrogen-bond donors (Lipinski definition) is 2. The molecule has 6 nitrogen and oxygen atoms in total. The molecule has 4 aromatic rings. The van der Waals surface area contributed by atoms with Crippen LogP contribution in [0.5, 0.6) is 0 Å². The molecular weight excluding hydrogens is 350 g/mol. The van der Waals surface area contributed by atoms with Crippen molar-refractivity contribution in [1.29, 1.82) is 0 Å². The summed E-state index contributed by atoms with van der Waals surface area (Å²) in [4.78, 5) is 21.2. The summed E-state index contributed by atoms with van der Waals surface area (Å²) < 4.78 is 1.98. The van der Waals surface area contributed by atoms with Gasteiger partial charge in [0.15, 0.2) is 0 Å². The summed E-state index contributed by atoms with van der Waals surface area (Å²) in [5, 5.41) is 8.25. The van der Waals surface area contributed by atoms with Gasteiger partial charge in [-0.25, -0.2) is 9.97 Å². The zero-order valence-corrected chi connectivity index (χ0v) is 15.4. The van der Waals surface area contributed by atoms with Crippen molar-refractivity contribution in [3.8, 4) is 11.3 Å². The van der Waals surface area contributed by atoms with Crippen molar-refractivity contribution in [2.24, 2.45) is 7.05 Å². The SMILES string of the molecule is Cn1cncc1-c1ccc2cnc(NC(=O)c3ccc4c(c3)CNC4)cc2c1. The van der Waals surface area contributed by atoms with E-state index in [4.69, 9.17) is 0 Å². The first-order chi connectivity index (χ1) is 13.7. The third kappa shape index (κ3) is 2.93. The van der Waals surface area contributed by atoms with E-state index in [2.05, 4.69) is 32.7 Å². The Balaban J connectivity index is 1.44. The number of nitrogens with zero attached hydrogens (tertiary/aromatic N) is 3. The molecule has 0 atom stereocenters. The quantitative estimate of drug-likeness (QED) is 0.580. The maximum absolute atomic E-state index is 12.7. The number of rotatable bonds is 3. The molecule has 0 saturated heterocycles. The molecule has 1 amide bonds. The number of hydrogen-bond acceptors (Lipinski definition) is 4. The highest BCUT2D eigenvalue weighted by Gasteiger charge is 2.14. The van der Waals surface area contributed by atoms with Gasteiger partial charge in [0, 0.05) is 42.8 Å². The summed E-state index contributed by atoms with van der Waals surface area (Å²) in [7, 11) is 1.97. The van der Waals surface area contributed by atoms with E-state index >= 15 is 0 Å². The van der Waals surface area contributed by atoms with Gasteiger partial charge in [0.05, 0.1) is 18.2 Å². The molecule has 0 radical (unpaired) electrons. The lowest BCUT2D eigenvalue weighted by molar-refractivity contribution is 0.102. The molecule has 6 heteroatoms.